The van der Waals surface area contributed by atoms with Crippen molar-refractivity contribution in [2.75, 3.05) is 0 Å². The zero-order valence-electron chi connectivity index (χ0n) is 6.05. The molecule has 0 amide bonds. The lowest BCUT2D eigenvalue weighted by Gasteiger charge is -2.01. The quantitative estimate of drug-likeness (QED) is 0.526. The summed E-state index contributed by atoms with van der Waals surface area (Å²) in [7, 11) is 1.53. The van der Waals surface area contributed by atoms with Crippen molar-refractivity contribution in [2.24, 2.45) is 7.05 Å². The van der Waals surface area contributed by atoms with Crippen LogP contribution in [0, 0.1) is 0 Å². The van der Waals surface area contributed by atoms with Gasteiger partial charge in [0.1, 0.15) is 5.69 Å². The Labute approximate surface area is 65.6 Å². The molecule has 0 fully saturated rings. The van der Waals surface area contributed by atoms with Gasteiger partial charge in [-0.1, -0.05) is 0 Å². The van der Waals surface area contributed by atoms with Gasteiger partial charge in [-0.15, -0.1) is 9.36 Å². The number of aromatic carboxylic acids is 1. The SMILES string of the molecule is Cn1cnc(-n2oo2)c1C(=O)[O-]. The average molecular weight is 170 g/mol. The van der Waals surface area contributed by atoms with E-state index < -0.39 is 5.97 Å². The Bertz CT molecular complexity index is 395. The highest BCUT2D eigenvalue weighted by Crippen LogP contribution is 2.13. The molecule has 2 aromatic heterocycles. The molecular formula is C5H4N3O4-. The van der Waals surface area contributed by atoms with E-state index in [9.17, 15) is 9.90 Å². The zero-order valence-corrected chi connectivity index (χ0v) is 6.05. The third-order valence-corrected chi connectivity index (χ3v) is 1.43. The van der Waals surface area contributed by atoms with Crippen molar-refractivity contribution in [2.45, 2.75) is 0 Å². The number of rotatable bonds is 2. The number of aromatic nitrogens is 3. The van der Waals surface area contributed by atoms with Gasteiger partial charge in [-0.25, -0.2) is 4.98 Å². The van der Waals surface area contributed by atoms with Gasteiger partial charge in [-0.05, 0) is 0 Å². The molecule has 2 rings (SSSR count). The second-order valence-electron chi connectivity index (χ2n) is 2.22. The Kier molecular flexibility index (Phi) is 1.15. The highest BCUT2D eigenvalue weighted by Gasteiger charge is 2.18. The molecule has 0 saturated heterocycles. The first-order valence-electron chi connectivity index (χ1n) is 3.07. The standard InChI is InChI=1S/C5H5N3O4/c1-7-2-6-4(8-11-12-8)3(7)5(9)10/h2H,1H3,(H,9,10)/p-1. The van der Waals surface area contributed by atoms with Crippen LogP contribution in [0.15, 0.2) is 15.7 Å². The van der Waals surface area contributed by atoms with Gasteiger partial charge in [0.05, 0.1) is 17.2 Å². The highest BCUT2D eigenvalue weighted by molar-refractivity contribution is 5.87. The molecule has 2 heterocycles. The highest BCUT2D eigenvalue weighted by atomic mass is 17.3. The van der Waals surface area contributed by atoms with Crippen LogP contribution in [0.1, 0.15) is 10.5 Å². The van der Waals surface area contributed by atoms with Crippen molar-refractivity contribution >= 4 is 5.97 Å². The lowest BCUT2D eigenvalue weighted by Crippen LogP contribution is -2.25. The smallest absolute Gasteiger partial charge is 0.243 e. The predicted octanol–water partition coefficient (Wildman–Crippen LogP) is -1.24. The summed E-state index contributed by atoms with van der Waals surface area (Å²) in [6.45, 7) is 0. The first kappa shape index (κ1) is 6.77. The summed E-state index contributed by atoms with van der Waals surface area (Å²) in [5.41, 5.74) is -0.0903. The lowest BCUT2D eigenvalue weighted by molar-refractivity contribution is -0.255. The van der Waals surface area contributed by atoms with Crippen LogP contribution in [0.25, 0.3) is 5.82 Å². The Morgan fingerprint density at radius 1 is 1.67 bits per heavy atom. The molecule has 0 bridgehead atoms. The third kappa shape index (κ3) is 0.831. The van der Waals surface area contributed by atoms with Crippen molar-refractivity contribution in [3.63, 3.8) is 0 Å². The van der Waals surface area contributed by atoms with Gasteiger partial charge in [0, 0.05) is 7.05 Å². The molecule has 7 nitrogen and oxygen atoms in total. The summed E-state index contributed by atoms with van der Waals surface area (Å²) in [5.74, 6) is -1.25. The number of hydrogen-bond acceptors (Lipinski definition) is 5. The third-order valence-electron chi connectivity index (χ3n) is 1.43. The minimum absolute atomic E-state index is 0.0810. The average Bonchev–Trinajstić information content (AvgIpc) is 2.75. The molecular weight excluding hydrogens is 166 g/mol. The van der Waals surface area contributed by atoms with Gasteiger partial charge in [-0.3, -0.25) is 0 Å². The monoisotopic (exact) mass is 170 g/mol. The number of nitrogens with zero attached hydrogens (tertiary/aromatic N) is 3. The van der Waals surface area contributed by atoms with Gasteiger partial charge >= 0.3 is 0 Å². The molecule has 0 aromatic carbocycles. The lowest BCUT2D eigenvalue weighted by atomic mass is 10.4. The van der Waals surface area contributed by atoms with Crippen LogP contribution in [0.5, 0.6) is 0 Å². The van der Waals surface area contributed by atoms with Crippen molar-refractivity contribution in [1.29, 1.82) is 0 Å². The van der Waals surface area contributed by atoms with E-state index in [1.807, 2.05) is 0 Å². The fourth-order valence-corrected chi connectivity index (χ4v) is 0.874. The summed E-state index contributed by atoms with van der Waals surface area (Å²) >= 11 is 0. The molecule has 0 aliphatic carbocycles. The Balaban J connectivity index is 2.56. The second-order valence-corrected chi connectivity index (χ2v) is 2.22. The number of carbonyl (C=O) groups excluding carboxylic acids is 1. The fraction of sp³-hybridized carbons (Fsp3) is 0.200. The van der Waals surface area contributed by atoms with Crippen LogP contribution in [0.4, 0.5) is 0 Å². The molecule has 64 valence electrons. The van der Waals surface area contributed by atoms with Crippen LogP contribution >= 0.6 is 0 Å². The van der Waals surface area contributed by atoms with Crippen molar-refractivity contribution < 1.29 is 19.3 Å². The molecule has 0 spiro atoms. The van der Waals surface area contributed by atoms with E-state index in [2.05, 4.69) is 14.3 Å². The molecule has 7 heteroatoms. The van der Waals surface area contributed by atoms with Gasteiger partial charge in [0.25, 0.3) is 0 Å². The number of carbonyl (C=O) groups is 1. The topological polar surface area (TPSA) is 89.2 Å². The maximum atomic E-state index is 10.5. The van der Waals surface area contributed by atoms with Crippen molar-refractivity contribution in [3.05, 3.63) is 12.0 Å². The molecule has 12 heavy (non-hydrogen) atoms. The van der Waals surface area contributed by atoms with Crippen LogP contribution < -0.4 is 5.11 Å². The molecule has 0 aliphatic rings. The first-order chi connectivity index (χ1) is 5.70. The summed E-state index contributed by atoms with van der Waals surface area (Å²) in [6, 6.07) is 0. The maximum absolute atomic E-state index is 10.5. The molecule has 0 aliphatic heterocycles. The summed E-state index contributed by atoms with van der Waals surface area (Å²) in [6.07, 6.45) is 1.32. The molecule has 0 saturated carbocycles. The molecule has 0 N–H and O–H groups in total. The Morgan fingerprint density at radius 3 is 2.83 bits per heavy atom. The second kappa shape index (κ2) is 2.03. The summed E-state index contributed by atoms with van der Waals surface area (Å²) < 4.78 is 9.83. The van der Waals surface area contributed by atoms with Crippen molar-refractivity contribution in [1.82, 2.24) is 14.5 Å². The first-order valence-corrected chi connectivity index (χ1v) is 3.07. The van der Waals surface area contributed by atoms with Crippen LogP contribution in [0.2, 0.25) is 0 Å². The number of aryl methyl sites for hydroxylation is 1. The van der Waals surface area contributed by atoms with Crippen LogP contribution in [0.3, 0.4) is 0 Å². The van der Waals surface area contributed by atoms with Gasteiger partial charge < -0.3 is 14.5 Å². The van der Waals surface area contributed by atoms with Crippen molar-refractivity contribution in [3.8, 4) is 5.82 Å². The van der Waals surface area contributed by atoms with Gasteiger partial charge in [0.15, 0.2) is 0 Å². The van der Waals surface area contributed by atoms with Gasteiger partial charge in [-0.2, -0.15) is 0 Å². The summed E-state index contributed by atoms with van der Waals surface area (Å²) in [5, 5.41) is 10.5. The predicted molar refractivity (Wildman–Crippen MR) is 31.4 cm³/mol. The van der Waals surface area contributed by atoms with E-state index in [1.54, 1.807) is 0 Å². The Hall–Kier alpha value is -1.92. The molecule has 0 radical (unpaired) electrons. The number of carboxylic acids is 1. The van der Waals surface area contributed by atoms with E-state index in [0.29, 0.717) is 0 Å². The van der Waals surface area contributed by atoms with Crippen LogP contribution in [-0.4, -0.2) is 20.4 Å². The molecule has 0 unspecified atom stereocenters. The summed E-state index contributed by atoms with van der Waals surface area (Å²) in [4.78, 5) is 15.1. The molecule has 0 atom stereocenters. The minimum atomic E-state index is -1.33. The number of carboxylic acid groups (broad SMARTS) is 1. The zero-order chi connectivity index (χ0) is 8.72. The maximum Gasteiger partial charge on any atom is 0.243 e. The Morgan fingerprint density at radius 2 is 2.33 bits per heavy atom. The van der Waals surface area contributed by atoms with E-state index in [-0.39, 0.29) is 11.5 Å². The van der Waals surface area contributed by atoms with E-state index >= 15 is 0 Å². The number of imidazole rings is 1. The van der Waals surface area contributed by atoms with E-state index in [0.717, 1.165) is 4.91 Å². The molecule has 2 aromatic rings. The van der Waals surface area contributed by atoms with Gasteiger partial charge in [0.2, 0.25) is 5.82 Å². The van der Waals surface area contributed by atoms with E-state index in [4.69, 9.17) is 0 Å². The fourth-order valence-electron chi connectivity index (χ4n) is 0.874. The van der Waals surface area contributed by atoms with Crippen LogP contribution in [-0.2, 0) is 7.05 Å². The largest absolute Gasteiger partial charge is 0.543 e. The number of hydrogen-bond donors (Lipinski definition) is 0. The van der Waals surface area contributed by atoms with E-state index in [1.165, 1.54) is 17.9 Å². The normalized spacial score (nSPS) is 10.8. The minimum Gasteiger partial charge on any atom is -0.543 e.